The lowest BCUT2D eigenvalue weighted by Crippen LogP contribution is -2.64. The van der Waals surface area contributed by atoms with E-state index in [1.165, 1.54) is 0 Å². The number of carbonyl (C=O) groups is 4. The minimum atomic E-state index is -1.14. The number of hydrogen-bond donors (Lipinski definition) is 2. The fraction of sp³-hybridized carbons (Fsp3) is 0.667. The van der Waals surface area contributed by atoms with Crippen LogP contribution in [0.15, 0.2) is 24.3 Å². The molecular formula is C48H68N2O12+2. The lowest BCUT2D eigenvalue weighted by atomic mass is 9.49. The van der Waals surface area contributed by atoms with Crippen molar-refractivity contribution in [3.05, 3.63) is 35.4 Å². The van der Waals surface area contributed by atoms with Gasteiger partial charge in [-0.3, -0.25) is 19.2 Å². The number of methoxy groups -OCH3 is 4. The summed E-state index contributed by atoms with van der Waals surface area (Å²) >= 11 is 0. The number of esters is 2. The smallest absolute Gasteiger partial charge is 0.311 e. The Bertz CT molecular complexity index is 1960. The number of hydrogen-bond acceptors (Lipinski definition) is 10. The van der Waals surface area contributed by atoms with Gasteiger partial charge in [0.15, 0.2) is 23.0 Å². The summed E-state index contributed by atoms with van der Waals surface area (Å²) in [6, 6.07) is 8.52. The average molecular weight is 865 g/mol. The van der Waals surface area contributed by atoms with Crippen LogP contribution in [0.3, 0.4) is 0 Å². The standard InChI is InChI=1S/C48H66N2O12/c1-9-41(51)61-44-37(57-5)18-28(19-38(44)58-6)26-49(3)32-13-14-33(49)23-30(22-32)43-36(46(53)54)12-11-17-48(43,47(55)56)31-24-34-15-16-35(25-31)50(34,4)27-29-20-39(59-7)45(40(21-29)60-8)62-42(52)10-2/h18-21,30-36,43H,9-17,22-27H2,1-8H3/p+2/t30?,31?,32?,33?,34?,35?,36?,43-,48+,49?,50?/m0/s1. The topological polar surface area (TPSA) is 164 Å². The molecule has 62 heavy (non-hydrogen) atoms. The maximum Gasteiger partial charge on any atom is 0.311 e. The number of carbonyl (C=O) groups excluding carboxylic acids is 2. The number of piperidine rings is 2. The van der Waals surface area contributed by atoms with Gasteiger partial charge in [-0.1, -0.05) is 20.3 Å². The van der Waals surface area contributed by atoms with Crippen molar-refractivity contribution in [3.8, 4) is 34.5 Å². The fourth-order valence-corrected chi connectivity index (χ4v) is 13.4. The Morgan fingerprint density at radius 1 is 0.629 bits per heavy atom. The maximum atomic E-state index is 14.2. The van der Waals surface area contributed by atoms with E-state index in [1.807, 2.05) is 24.3 Å². The Balaban J connectivity index is 1.16. The summed E-state index contributed by atoms with van der Waals surface area (Å²) in [4.78, 5) is 52.1. The van der Waals surface area contributed by atoms with Crippen molar-refractivity contribution in [2.75, 3.05) is 42.5 Å². The van der Waals surface area contributed by atoms with Gasteiger partial charge in [0.2, 0.25) is 11.5 Å². The number of fused-ring (bicyclic) bond motifs is 4. The number of quaternary nitrogens is 2. The van der Waals surface area contributed by atoms with Crippen LogP contribution in [0.25, 0.3) is 0 Å². The van der Waals surface area contributed by atoms with Crippen LogP contribution in [0.2, 0.25) is 0 Å². The second kappa shape index (κ2) is 17.9. The minimum Gasteiger partial charge on any atom is -0.493 e. The van der Waals surface area contributed by atoms with Gasteiger partial charge in [-0.25, -0.2) is 0 Å². The Morgan fingerprint density at radius 3 is 1.35 bits per heavy atom. The van der Waals surface area contributed by atoms with Crippen molar-refractivity contribution in [3.63, 3.8) is 0 Å². The lowest BCUT2D eigenvalue weighted by Gasteiger charge is -2.58. The van der Waals surface area contributed by atoms with Gasteiger partial charge in [0, 0.05) is 75.3 Å². The molecular weight excluding hydrogens is 797 g/mol. The first kappa shape index (κ1) is 45.5. The second-order valence-electron chi connectivity index (χ2n) is 19.2. The summed E-state index contributed by atoms with van der Waals surface area (Å²) in [5, 5.41) is 22.6. The molecule has 0 aromatic heterocycles. The number of rotatable bonds is 16. The third-order valence-electron chi connectivity index (χ3n) is 16.4. The summed E-state index contributed by atoms with van der Waals surface area (Å²) in [6.45, 7) is 4.82. The number of benzene rings is 2. The highest BCUT2D eigenvalue weighted by molar-refractivity contribution is 5.79. The Kier molecular flexibility index (Phi) is 13.1. The molecule has 4 aliphatic heterocycles. The third-order valence-corrected chi connectivity index (χ3v) is 16.4. The molecule has 2 aromatic rings. The quantitative estimate of drug-likeness (QED) is 0.0978. The normalized spacial score (nSPS) is 33.6. The van der Waals surface area contributed by atoms with Crippen molar-refractivity contribution in [2.45, 2.75) is 135 Å². The minimum absolute atomic E-state index is 0.0307. The zero-order chi connectivity index (χ0) is 44.7. The molecule has 2 aromatic carbocycles. The van der Waals surface area contributed by atoms with E-state index in [-0.39, 0.29) is 72.3 Å². The Morgan fingerprint density at radius 2 is 1.02 bits per heavy atom. The summed E-state index contributed by atoms with van der Waals surface area (Å²) in [7, 11) is 10.8. The van der Waals surface area contributed by atoms with Crippen LogP contribution < -0.4 is 28.4 Å². The first-order valence-electron chi connectivity index (χ1n) is 22.7. The molecule has 5 aliphatic rings. The second-order valence-corrected chi connectivity index (χ2v) is 19.2. The van der Waals surface area contributed by atoms with E-state index in [2.05, 4.69) is 14.1 Å². The highest BCUT2D eigenvalue weighted by Gasteiger charge is 2.66. The monoisotopic (exact) mass is 864 g/mol. The van der Waals surface area contributed by atoms with Crippen LogP contribution in [0.5, 0.6) is 34.5 Å². The molecule has 5 fully saturated rings. The molecule has 1 saturated carbocycles. The van der Waals surface area contributed by atoms with Crippen molar-refractivity contribution < 1.29 is 66.8 Å². The van der Waals surface area contributed by atoms with Crippen molar-refractivity contribution in [1.82, 2.24) is 0 Å². The van der Waals surface area contributed by atoms with Gasteiger partial charge < -0.3 is 47.6 Å². The molecule has 14 heteroatoms. The van der Waals surface area contributed by atoms with Crippen LogP contribution >= 0.6 is 0 Å². The number of carboxylic acid groups (broad SMARTS) is 2. The van der Waals surface area contributed by atoms with Gasteiger partial charge in [0.25, 0.3) is 0 Å². The molecule has 7 rings (SSSR count). The molecule has 0 radical (unpaired) electrons. The van der Waals surface area contributed by atoms with Gasteiger partial charge in [-0.2, -0.15) is 0 Å². The highest BCUT2D eigenvalue weighted by atomic mass is 16.6. The van der Waals surface area contributed by atoms with Crippen LogP contribution in [-0.4, -0.2) is 110 Å². The molecule has 4 bridgehead atoms. The number of carboxylic acids is 2. The van der Waals surface area contributed by atoms with Gasteiger partial charge in [-0.15, -0.1) is 0 Å². The zero-order valence-electron chi connectivity index (χ0n) is 37.9. The van der Waals surface area contributed by atoms with Crippen molar-refractivity contribution in [1.29, 1.82) is 0 Å². The molecule has 0 spiro atoms. The van der Waals surface area contributed by atoms with E-state index in [1.54, 1.807) is 42.3 Å². The van der Waals surface area contributed by atoms with E-state index in [9.17, 15) is 29.4 Å². The molecule has 0 amide bonds. The predicted octanol–water partition coefficient (Wildman–Crippen LogP) is 7.40. The number of aliphatic carboxylic acids is 2. The fourth-order valence-electron chi connectivity index (χ4n) is 13.4. The van der Waals surface area contributed by atoms with Crippen molar-refractivity contribution in [2.24, 2.45) is 29.1 Å². The molecule has 7 atom stereocenters. The first-order valence-corrected chi connectivity index (χ1v) is 22.7. The summed E-state index contributed by atoms with van der Waals surface area (Å²) in [6.07, 6.45) is 8.95. The molecule has 4 heterocycles. The van der Waals surface area contributed by atoms with E-state index in [0.717, 1.165) is 71.5 Å². The average Bonchev–Trinajstić information content (AvgIpc) is 3.48. The Labute approximate surface area is 365 Å². The molecule has 5 unspecified atom stereocenters. The van der Waals surface area contributed by atoms with Gasteiger partial charge in [0.05, 0.1) is 78.0 Å². The molecule has 340 valence electrons. The van der Waals surface area contributed by atoms with Crippen LogP contribution in [-0.2, 0) is 32.3 Å². The number of nitrogens with zero attached hydrogens (tertiary/aromatic N) is 2. The summed E-state index contributed by atoms with van der Waals surface area (Å²) in [5.74, 6) is -1.59. The van der Waals surface area contributed by atoms with Crippen LogP contribution in [0.1, 0.15) is 108 Å². The SMILES string of the molecule is CCC(=O)Oc1c(OC)cc(C[N+]2(C)C3CCC2CC([C@H]2C(C(=O)O)CCC[C@@]2(C(=O)O)C2CC4CCC(C2)[N+]4(C)Cc2cc(OC)c(OC(=O)CC)c(OC)c2)C3)cc1OC. The zero-order valence-corrected chi connectivity index (χ0v) is 37.9. The van der Waals surface area contributed by atoms with Gasteiger partial charge in [0.1, 0.15) is 13.1 Å². The lowest BCUT2D eigenvalue weighted by molar-refractivity contribution is -0.962. The molecule has 4 saturated heterocycles. The molecule has 1 aliphatic carbocycles. The predicted molar refractivity (Wildman–Crippen MR) is 228 cm³/mol. The molecule has 14 nitrogen and oxygen atoms in total. The molecule has 2 N–H and O–H groups in total. The van der Waals surface area contributed by atoms with Gasteiger partial charge in [-0.05, 0) is 54.9 Å². The van der Waals surface area contributed by atoms with Crippen LogP contribution in [0.4, 0.5) is 0 Å². The summed E-state index contributed by atoms with van der Waals surface area (Å²) in [5.41, 5.74) is 0.830. The maximum absolute atomic E-state index is 14.2. The van der Waals surface area contributed by atoms with E-state index >= 15 is 0 Å². The van der Waals surface area contributed by atoms with E-state index in [4.69, 9.17) is 28.4 Å². The highest BCUT2D eigenvalue weighted by Crippen LogP contribution is 2.62. The van der Waals surface area contributed by atoms with Gasteiger partial charge >= 0.3 is 23.9 Å². The first-order chi connectivity index (χ1) is 29.6. The largest absolute Gasteiger partial charge is 0.493 e. The van der Waals surface area contributed by atoms with Crippen LogP contribution in [0, 0.1) is 29.1 Å². The third kappa shape index (κ3) is 7.88. The van der Waals surface area contributed by atoms with E-state index < -0.39 is 29.2 Å². The Hall–Kier alpha value is -4.56. The summed E-state index contributed by atoms with van der Waals surface area (Å²) < 4.78 is 35.5. The van der Waals surface area contributed by atoms with E-state index in [0.29, 0.717) is 55.4 Å². The number of ether oxygens (including phenoxy) is 6. The van der Waals surface area contributed by atoms with Crippen molar-refractivity contribution >= 4 is 23.9 Å².